The topological polar surface area (TPSA) is 71.5 Å². The number of aryl methyl sites for hydroxylation is 1. The van der Waals surface area contributed by atoms with Gasteiger partial charge in [-0.2, -0.15) is 0 Å². The maximum atomic E-state index is 11.0. The van der Waals surface area contributed by atoms with Crippen LogP contribution in [-0.4, -0.2) is 35.8 Å². The van der Waals surface area contributed by atoms with E-state index in [2.05, 4.69) is 10.3 Å². The van der Waals surface area contributed by atoms with Crippen LogP contribution in [0.4, 0.5) is 5.82 Å². The first kappa shape index (κ1) is 12.8. The number of anilines is 1. The molecule has 1 heterocycles. The number of pyridine rings is 1. The molecule has 1 fully saturated rings. The Balaban J connectivity index is 1.82. The number of carboxylic acid groups (broad SMARTS) is 1. The van der Waals surface area contributed by atoms with E-state index < -0.39 is 5.97 Å². The van der Waals surface area contributed by atoms with Crippen molar-refractivity contribution in [2.24, 2.45) is 5.92 Å². The Labute approximate surface area is 106 Å². The molecule has 2 N–H and O–H groups in total. The number of aromatic nitrogens is 1. The second kappa shape index (κ2) is 5.82. The molecule has 0 amide bonds. The van der Waals surface area contributed by atoms with Crippen LogP contribution in [0, 0.1) is 12.8 Å². The molecule has 0 aliphatic heterocycles. The molecule has 0 bridgehead atoms. The van der Waals surface area contributed by atoms with Gasteiger partial charge in [-0.25, -0.2) is 9.78 Å². The van der Waals surface area contributed by atoms with Gasteiger partial charge in [0.25, 0.3) is 0 Å². The van der Waals surface area contributed by atoms with Gasteiger partial charge < -0.3 is 15.2 Å². The third-order valence-corrected chi connectivity index (χ3v) is 2.85. The molecule has 0 unspecified atom stereocenters. The minimum Gasteiger partial charge on any atom is -0.478 e. The van der Waals surface area contributed by atoms with Gasteiger partial charge in [0.05, 0.1) is 6.61 Å². The van der Waals surface area contributed by atoms with Gasteiger partial charge >= 0.3 is 5.97 Å². The van der Waals surface area contributed by atoms with E-state index in [0.717, 1.165) is 18.2 Å². The zero-order valence-corrected chi connectivity index (χ0v) is 10.5. The fraction of sp³-hybridized carbons (Fsp3) is 0.538. The quantitative estimate of drug-likeness (QED) is 0.723. The van der Waals surface area contributed by atoms with Crippen molar-refractivity contribution in [3.63, 3.8) is 0 Å². The van der Waals surface area contributed by atoms with Crippen molar-refractivity contribution in [2.45, 2.75) is 19.8 Å². The molecule has 1 aromatic heterocycles. The zero-order valence-electron chi connectivity index (χ0n) is 10.5. The summed E-state index contributed by atoms with van der Waals surface area (Å²) in [5, 5.41) is 12.0. The largest absolute Gasteiger partial charge is 0.478 e. The highest BCUT2D eigenvalue weighted by molar-refractivity contribution is 5.93. The van der Waals surface area contributed by atoms with E-state index in [1.807, 2.05) is 6.92 Å². The minimum atomic E-state index is -0.969. The Morgan fingerprint density at radius 3 is 3.00 bits per heavy atom. The van der Waals surface area contributed by atoms with Crippen molar-refractivity contribution in [3.8, 4) is 0 Å². The monoisotopic (exact) mass is 250 g/mol. The van der Waals surface area contributed by atoms with E-state index in [-0.39, 0.29) is 5.56 Å². The van der Waals surface area contributed by atoms with Crippen molar-refractivity contribution in [3.05, 3.63) is 23.4 Å². The number of ether oxygens (including phenoxy) is 1. The highest BCUT2D eigenvalue weighted by Crippen LogP contribution is 2.28. The molecule has 1 aliphatic carbocycles. The van der Waals surface area contributed by atoms with Gasteiger partial charge in [0.15, 0.2) is 0 Å². The van der Waals surface area contributed by atoms with Crippen LogP contribution in [0.25, 0.3) is 0 Å². The highest BCUT2D eigenvalue weighted by atomic mass is 16.5. The predicted octanol–water partition coefficient (Wildman–Crippen LogP) is 1.93. The third kappa shape index (κ3) is 3.70. The molecule has 2 rings (SSSR count). The molecule has 0 atom stereocenters. The van der Waals surface area contributed by atoms with Crippen LogP contribution < -0.4 is 5.32 Å². The molecule has 18 heavy (non-hydrogen) atoms. The normalized spacial score (nSPS) is 14.5. The second-order valence-corrected chi connectivity index (χ2v) is 4.60. The SMILES string of the molecule is Cc1ccc(C(=O)O)c(NCCOCC2CC2)n1. The fourth-order valence-electron chi connectivity index (χ4n) is 1.64. The van der Waals surface area contributed by atoms with Crippen molar-refractivity contribution >= 4 is 11.8 Å². The summed E-state index contributed by atoms with van der Waals surface area (Å²) in [6, 6.07) is 3.26. The van der Waals surface area contributed by atoms with Crippen LogP contribution in [0.3, 0.4) is 0 Å². The molecule has 0 saturated heterocycles. The van der Waals surface area contributed by atoms with Crippen LogP contribution in [0.2, 0.25) is 0 Å². The zero-order chi connectivity index (χ0) is 13.0. The molecular formula is C13H18N2O3. The van der Waals surface area contributed by atoms with Crippen molar-refractivity contribution in [1.29, 1.82) is 0 Å². The molecule has 0 spiro atoms. The van der Waals surface area contributed by atoms with Gasteiger partial charge in [0.1, 0.15) is 11.4 Å². The maximum Gasteiger partial charge on any atom is 0.339 e. The lowest BCUT2D eigenvalue weighted by Gasteiger charge is -2.09. The number of carboxylic acids is 1. The molecule has 98 valence electrons. The van der Waals surface area contributed by atoms with E-state index in [1.165, 1.54) is 12.8 Å². The summed E-state index contributed by atoms with van der Waals surface area (Å²) in [7, 11) is 0. The summed E-state index contributed by atoms with van der Waals surface area (Å²) in [5.74, 6) is 0.193. The van der Waals surface area contributed by atoms with Gasteiger partial charge in [-0.1, -0.05) is 0 Å². The Bertz CT molecular complexity index is 430. The van der Waals surface area contributed by atoms with Gasteiger partial charge in [-0.3, -0.25) is 0 Å². The number of hydrogen-bond donors (Lipinski definition) is 2. The van der Waals surface area contributed by atoms with Crippen molar-refractivity contribution in [1.82, 2.24) is 4.98 Å². The smallest absolute Gasteiger partial charge is 0.339 e. The predicted molar refractivity (Wildman–Crippen MR) is 68.0 cm³/mol. The van der Waals surface area contributed by atoms with E-state index in [0.29, 0.717) is 19.0 Å². The minimum absolute atomic E-state index is 0.197. The Morgan fingerprint density at radius 1 is 1.56 bits per heavy atom. The van der Waals surface area contributed by atoms with Gasteiger partial charge in [0.2, 0.25) is 0 Å². The summed E-state index contributed by atoms with van der Waals surface area (Å²) in [6.45, 7) is 3.80. The first-order chi connectivity index (χ1) is 8.66. The fourth-order valence-corrected chi connectivity index (χ4v) is 1.64. The standard InChI is InChI=1S/C13H18N2O3/c1-9-2-5-11(13(16)17)12(15-9)14-6-7-18-8-10-3-4-10/h2,5,10H,3-4,6-8H2,1H3,(H,14,15)(H,16,17). The number of hydrogen-bond acceptors (Lipinski definition) is 4. The Hall–Kier alpha value is -1.62. The average molecular weight is 250 g/mol. The van der Waals surface area contributed by atoms with Crippen molar-refractivity contribution < 1.29 is 14.6 Å². The molecule has 1 aromatic rings. The lowest BCUT2D eigenvalue weighted by atomic mass is 10.2. The van der Waals surface area contributed by atoms with Crippen LogP contribution in [0.15, 0.2) is 12.1 Å². The first-order valence-corrected chi connectivity index (χ1v) is 6.19. The first-order valence-electron chi connectivity index (χ1n) is 6.19. The van der Waals surface area contributed by atoms with E-state index in [9.17, 15) is 4.79 Å². The lowest BCUT2D eigenvalue weighted by Crippen LogP contribution is -2.14. The second-order valence-electron chi connectivity index (χ2n) is 4.60. The summed E-state index contributed by atoms with van der Waals surface area (Å²) in [5.41, 5.74) is 0.990. The molecule has 1 saturated carbocycles. The number of aromatic carboxylic acids is 1. The molecule has 1 aliphatic rings. The number of nitrogens with zero attached hydrogens (tertiary/aromatic N) is 1. The van der Waals surface area contributed by atoms with Gasteiger partial charge in [-0.15, -0.1) is 0 Å². The van der Waals surface area contributed by atoms with Crippen LogP contribution in [-0.2, 0) is 4.74 Å². The van der Waals surface area contributed by atoms with Crippen LogP contribution in [0.5, 0.6) is 0 Å². The molecular weight excluding hydrogens is 232 g/mol. The summed E-state index contributed by atoms with van der Waals surface area (Å²) >= 11 is 0. The third-order valence-electron chi connectivity index (χ3n) is 2.85. The molecule has 0 aromatic carbocycles. The number of nitrogens with one attached hydrogen (secondary N) is 1. The van der Waals surface area contributed by atoms with Crippen LogP contribution >= 0.6 is 0 Å². The Morgan fingerprint density at radius 2 is 2.33 bits per heavy atom. The van der Waals surface area contributed by atoms with Gasteiger partial charge in [-0.05, 0) is 37.8 Å². The van der Waals surface area contributed by atoms with E-state index >= 15 is 0 Å². The molecule has 5 heteroatoms. The lowest BCUT2D eigenvalue weighted by molar-refractivity contribution is 0.0697. The van der Waals surface area contributed by atoms with Gasteiger partial charge in [0, 0.05) is 18.8 Å². The van der Waals surface area contributed by atoms with E-state index in [1.54, 1.807) is 12.1 Å². The Kier molecular flexibility index (Phi) is 4.15. The van der Waals surface area contributed by atoms with Crippen molar-refractivity contribution in [2.75, 3.05) is 25.1 Å². The number of carbonyl (C=O) groups is 1. The highest BCUT2D eigenvalue weighted by Gasteiger charge is 2.20. The van der Waals surface area contributed by atoms with Crippen LogP contribution in [0.1, 0.15) is 28.9 Å². The summed E-state index contributed by atoms with van der Waals surface area (Å²) in [4.78, 5) is 15.2. The van der Waals surface area contributed by atoms with E-state index in [4.69, 9.17) is 9.84 Å². The molecule has 5 nitrogen and oxygen atoms in total. The average Bonchev–Trinajstić information content (AvgIpc) is 3.12. The number of rotatable bonds is 7. The summed E-state index contributed by atoms with van der Waals surface area (Å²) < 4.78 is 5.47. The maximum absolute atomic E-state index is 11.0. The summed E-state index contributed by atoms with van der Waals surface area (Å²) in [6.07, 6.45) is 2.55. The molecule has 0 radical (unpaired) electrons.